The Morgan fingerprint density at radius 3 is 2.56 bits per heavy atom. The number of hydrogen-bond donors (Lipinski definition) is 1. The molecule has 0 saturated heterocycles. The molecule has 0 unspecified atom stereocenters. The summed E-state index contributed by atoms with van der Waals surface area (Å²) in [6.07, 6.45) is 3.14. The standard InChI is InChI=1S/C12H10B2N2O2/c1-8-2-3-10(15-7-8)16-5-4-9(6-11(16)17)12(13,14)18/h2-7,18H,1H3. The first-order valence-electron chi connectivity index (χ1n) is 5.34. The summed E-state index contributed by atoms with van der Waals surface area (Å²) in [5, 5.41) is 7.39. The lowest BCUT2D eigenvalue weighted by atomic mass is 9.62. The van der Waals surface area contributed by atoms with Gasteiger partial charge in [0.25, 0.3) is 5.56 Å². The SMILES string of the molecule is [B]C([B])(O)c1ccn(-c2ccc(C)cn2)c(=O)c1. The van der Waals surface area contributed by atoms with Gasteiger partial charge in [-0.25, -0.2) is 4.98 Å². The molecule has 2 heterocycles. The van der Waals surface area contributed by atoms with E-state index in [1.807, 2.05) is 13.0 Å². The predicted octanol–water partition coefficient (Wildman–Crippen LogP) is -0.0195. The maximum atomic E-state index is 11.9. The second kappa shape index (κ2) is 4.46. The van der Waals surface area contributed by atoms with Crippen LogP contribution in [0.25, 0.3) is 5.82 Å². The monoisotopic (exact) mass is 236 g/mol. The molecule has 2 rings (SSSR count). The van der Waals surface area contributed by atoms with Crippen LogP contribution >= 0.6 is 0 Å². The normalized spacial score (nSPS) is 11.4. The van der Waals surface area contributed by atoms with E-state index in [9.17, 15) is 9.90 Å². The van der Waals surface area contributed by atoms with Crippen LogP contribution in [0.4, 0.5) is 0 Å². The van der Waals surface area contributed by atoms with Crippen molar-refractivity contribution in [1.29, 1.82) is 0 Å². The molecule has 0 saturated carbocycles. The summed E-state index contributed by atoms with van der Waals surface area (Å²) >= 11 is 0. The van der Waals surface area contributed by atoms with Gasteiger partial charge in [-0.1, -0.05) is 6.07 Å². The van der Waals surface area contributed by atoms with Crippen molar-refractivity contribution in [3.8, 4) is 5.82 Å². The maximum absolute atomic E-state index is 11.9. The summed E-state index contributed by atoms with van der Waals surface area (Å²) in [6, 6.07) is 6.24. The average Bonchev–Trinajstić information content (AvgIpc) is 2.29. The van der Waals surface area contributed by atoms with Gasteiger partial charge in [0.1, 0.15) is 21.5 Å². The molecule has 4 nitrogen and oxygen atoms in total. The summed E-state index contributed by atoms with van der Waals surface area (Å²) in [7, 11) is 10.6. The number of hydrogen-bond acceptors (Lipinski definition) is 3. The molecule has 86 valence electrons. The fourth-order valence-corrected chi connectivity index (χ4v) is 1.52. The van der Waals surface area contributed by atoms with Gasteiger partial charge in [-0.05, 0) is 30.2 Å². The minimum atomic E-state index is -2.01. The van der Waals surface area contributed by atoms with Crippen molar-refractivity contribution in [2.75, 3.05) is 0 Å². The van der Waals surface area contributed by atoms with E-state index in [-0.39, 0.29) is 11.1 Å². The molecule has 0 bridgehead atoms. The van der Waals surface area contributed by atoms with Crippen molar-refractivity contribution in [2.24, 2.45) is 0 Å². The van der Waals surface area contributed by atoms with Crippen LogP contribution in [0.1, 0.15) is 11.1 Å². The lowest BCUT2D eigenvalue weighted by Gasteiger charge is -2.19. The van der Waals surface area contributed by atoms with Crippen LogP contribution in [0.5, 0.6) is 0 Å². The lowest BCUT2D eigenvalue weighted by Crippen LogP contribution is -2.29. The van der Waals surface area contributed by atoms with Crippen LogP contribution in [0.15, 0.2) is 41.5 Å². The number of aliphatic hydroxyl groups is 1. The fourth-order valence-electron chi connectivity index (χ4n) is 1.52. The third kappa shape index (κ3) is 2.54. The van der Waals surface area contributed by atoms with Crippen molar-refractivity contribution in [3.63, 3.8) is 0 Å². The van der Waals surface area contributed by atoms with E-state index in [1.165, 1.54) is 22.9 Å². The average molecular weight is 236 g/mol. The van der Waals surface area contributed by atoms with E-state index in [1.54, 1.807) is 12.3 Å². The first-order chi connectivity index (χ1) is 8.38. The van der Waals surface area contributed by atoms with Crippen molar-refractivity contribution in [2.45, 2.75) is 12.3 Å². The maximum Gasteiger partial charge on any atom is 0.256 e. The molecule has 0 aliphatic rings. The topological polar surface area (TPSA) is 55.1 Å². The molecule has 1 N–H and O–H groups in total. The Labute approximate surface area is 107 Å². The van der Waals surface area contributed by atoms with Crippen molar-refractivity contribution < 1.29 is 5.11 Å². The van der Waals surface area contributed by atoms with Gasteiger partial charge in [-0.15, -0.1) is 0 Å². The molecule has 0 amide bonds. The molecule has 6 heteroatoms. The van der Waals surface area contributed by atoms with Gasteiger partial charge in [0.15, 0.2) is 0 Å². The minimum Gasteiger partial charge on any atom is -0.405 e. The van der Waals surface area contributed by atoms with Gasteiger partial charge in [0.2, 0.25) is 0 Å². The van der Waals surface area contributed by atoms with Crippen LogP contribution in [0.3, 0.4) is 0 Å². The van der Waals surface area contributed by atoms with Gasteiger partial charge in [-0.3, -0.25) is 9.36 Å². The summed E-state index contributed by atoms with van der Waals surface area (Å²) in [6.45, 7) is 1.91. The third-order valence-corrected chi connectivity index (χ3v) is 2.52. The highest BCUT2D eigenvalue weighted by Crippen LogP contribution is 2.11. The number of pyridine rings is 2. The second-order valence-corrected chi connectivity index (χ2v) is 4.14. The fraction of sp³-hybridized carbons (Fsp3) is 0.167. The summed E-state index contributed by atoms with van der Waals surface area (Å²) in [5.74, 6) is 0.495. The zero-order valence-electron chi connectivity index (χ0n) is 9.87. The smallest absolute Gasteiger partial charge is 0.256 e. The Hall–Kier alpha value is -1.81. The van der Waals surface area contributed by atoms with Crippen molar-refractivity contribution in [3.05, 3.63) is 58.1 Å². The number of nitrogens with zero attached hydrogens (tertiary/aromatic N) is 2. The van der Waals surface area contributed by atoms with Gasteiger partial charge in [0, 0.05) is 23.9 Å². The van der Waals surface area contributed by atoms with Gasteiger partial charge in [-0.2, -0.15) is 0 Å². The summed E-state index contributed by atoms with van der Waals surface area (Å²) in [4.78, 5) is 16.0. The highest BCUT2D eigenvalue weighted by Gasteiger charge is 2.16. The van der Waals surface area contributed by atoms with Crippen LogP contribution < -0.4 is 5.56 Å². The zero-order valence-corrected chi connectivity index (χ0v) is 9.87. The highest BCUT2D eigenvalue weighted by molar-refractivity contribution is 6.38. The van der Waals surface area contributed by atoms with E-state index in [0.29, 0.717) is 5.82 Å². The molecule has 4 radical (unpaired) electrons. The van der Waals surface area contributed by atoms with E-state index < -0.39 is 5.40 Å². The predicted molar refractivity (Wildman–Crippen MR) is 70.0 cm³/mol. The Bertz CT molecular complexity index is 615. The second-order valence-electron chi connectivity index (χ2n) is 4.14. The molecule has 2 aromatic heterocycles. The first kappa shape index (κ1) is 12.6. The van der Waals surface area contributed by atoms with Gasteiger partial charge >= 0.3 is 0 Å². The van der Waals surface area contributed by atoms with Crippen LogP contribution in [-0.2, 0) is 5.40 Å². The van der Waals surface area contributed by atoms with Gasteiger partial charge < -0.3 is 5.11 Å². The lowest BCUT2D eigenvalue weighted by molar-refractivity contribution is 0.216. The molecule has 0 spiro atoms. The zero-order chi connectivity index (χ0) is 13.3. The molecule has 0 aliphatic carbocycles. The summed E-state index contributed by atoms with van der Waals surface area (Å²) in [5.41, 5.74) is 0.788. The number of rotatable bonds is 2. The minimum absolute atomic E-state index is 0.149. The van der Waals surface area contributed by atoms with Crippen molar-refractivity contribution >= 4 is 15.7 Å². The van der Waals surface area contributed by atoms with Crippen LogP contribution in [0, 0.1) is 6.92 Å². The Kier molecular flexibility index (Phi) is 3.13. The van der Waals surface area contributed by atoms with Crippen molar-refractivity contribution in [1.82, 2.24) is 9.55 Å². The number of aryl methyl sites for hydroxylation is 1. The molecule has 0 aliphatic heterocycles. The Morgan fingerprint density at radius 2 is 2.06 bits per heavy atom. The quantitative estimate of drug-likeness (QED) is 0.745. The molecular weight excluding hydrogens is 226 g/mol. The molecule has 0 fully saturated rings. The summed E-state index contributed by atoms with van der Waals surface area (Å²) < 4.78 is 1.34. The van der Waals surface area contributed by atoms with E-state index in [4.69, 9.17) is 15.7 Å². The number of aromatic nitrogens is 2. The first-order valence-corrected chi connectivity index (χ1v) is 5.34. The molecule has 18 heavy (non-hydrogen) atoms. The molecule has 0 atom stereocenters. The third-order valence-electron chi connectivity index (χ3n) is 2.52. The van der Waals surface area contributed by atoms with Crippen LogP contribution in [-0.4, -0.2) is 30.4 Å². The van der Waals surface area contributed by atoms with E-state index >= 15 is 0 Å². The largest absolute Gasteiger partial charge is 0.405 e. The van der Waals surface area contributed by atoms with E-state index in [2.05, 4.69) is 4.98 Å². The van der Waals surface area contributed by atoms with Gasteiger partial charge in [0.05, 0.1) is 0 Å². The highest BCUT2D eigenvalue weighted by atomic mass is 16.3. The molecule has 0 aromatic carbocycles. The van der Waals surface area contributed by atoms with Crippen LogP contribution in [0.2, 0.25) is 0 Å². The molecule has 2 aromatic rings. The molecular formula is C12H10B2N2O2. The Morgan fingerprint density at radius 1 is 1.33 bits per heavy atom. The Balaban J connectivity index is 2.48. The van der Waals surface area contributed by atoms with E-state index in [0.717, 1.165) is 5.56 Å².